The fourth-order valence-electron chi connectivity index (χ4n) is 4.60. The monoisotopic (exact) mass is 443 g/mol. The number of hydrogen-bond acceptors (Lipinski definition) is 6. The van der Waals surface area contributed by atoms with Crippen LogP contribution in [-0.4, -0.2) is 67.1 Å². The van der Waals surface area contributed by atoms with Gasteiger partial charge in [0.2, 0.25) is 10.0 Å². The molecule has 2 aromatic rings. The summed E-state index contributed by atoms with van der Waals surface area (Å²) >= 11 is 0. The first-order chi connectivity index (χ1) is 15.0. The fraction of sp³-hybridized carbons (Fsp3) is 0.565. The number of aromatic nitrogens is 2. The van der Waals surface area contributed by atoms with E-state index in [-0.39, 0.29) is 11.7 Å². The molecule has 1 saturated heterocycles. The maximum Gasteiger partial charge on any atom is 0.214 e. The van der Waals surface area contributed by atoms with Gasteiger partial charge < -0.3 is 10.2 Å². The van der Waals surface area contributed by atoms with Gasteiger partial charge in [0, 0.05) is 51.1 Å². The SMILES string of the molecule is CNc1nc([C@@H]2CCCN(S(=O)(=O)CCCc3ccccc3)C2)nc2c1CN(C)CC2. The third kappa shape index (κ3) is 5.25. The average Bonchev–Trinajstić information content (AvgIpc) is 2.79. The van der Waals surface area contributed by atoms with E-state index in [0.29, 0.717) is 19.5 Å². The van der Waals surface area contributed by atoms with Crippen molar-refractivity contribution >= 4 is 15.8 Å². The number of anilines is 1. The van der Waals surface area contributed by atoms with Gasteiger partial charge in [-0.3, -0.25) is 0 Å². The van der Waals surface area contributed by atoms with Crippen LogP contribution in [0.5, 0.6) is 0 Å². The molecular formula is C23H33N5O2S. The summed E-state index contributed by atoms with van der Waals surface area (Å²) in [6.07, 6.45) is 4.11. The summed E-state index contributed by atoms with van der Waals surface area (Å²) in [6.45, 7) is 2.91. The second-order valence-corrected chi connectivity index (χ2v) is 10.8. The number of rotatable bonds is 7. The normalized spacial score (nSPS) is 20.4. The first-order valence-electron chi connectivity index (χ1n) is 11.2. The highest BCUT2D eigenvalue weighted by Gasteiger charge is 2.32. The highest BCUT2D eigenvalue weighted by atomic mass is 32.2. The van der Waals surface area contributed by atoms with Crippen molar-refractivity contribution in [2.24, 2.45) is 0 Å². The van der Waals surface area contributed by atoms with E-state index in [0.717, 1.165) is 56.1 Å². The van der Waals surface area contributed by atoms with E-state index in [9.17, 15) is 8.42 Å². The number of piperidine rings is 1. The van der Waals surface area contributed by atoms with Crippen molar-refractivity contribution < 1.29 is 8.42 Å². The van der Waals surface area contributed by atoms with Crippen LogP contribution in [0.25, 0.3) is 0 Å². The molecule has 31 heavy (non-hydrogen) atoms. The van der Waals surface area contributed by atoms with Crippen molar-refractivity contribution in [3.63, 3.8) is 0 Å². The molecule has 1 fully saturated rings. The van der Waals surface area contributed by atoms with Crippen molar-refractivity contribution in [2.45, 2.75) is 44.6 Å². The van der Waals surface area contributed by atoms with Gasteiger partial charge in [-0.1, -0.05) is 30.3 Å². The summed E-state index contributed by atoms with van der Waals surface area (Å²) < 4.78 is 27.7. The van der Waals surface area contributed by atoms with Crippen LogP contribution >= 0.6 is 0 Å². The Morgan fingerprint density at radius 2 is 1.97 bits per heavy atom. The first kappa shape index (κ1) is 22.2. The van der Waals surface area contributed by atoms with E-state index in [1.807, 2.05) is 37.4 Å². The van der Waals surface area contributed by atoms with Crippen LogP contribution in [0.3, 0.4) is 0 Å². The van der Waals surface area contributed by atoms with Crippen LogP contribution < -0.4 is 5.32 Å². The van der Waals surface area contributed by atoms with Gasteiger partial charge in [0.25, 0.3) is 0 Å². The van der Waals surface area contributed by atoms with E-state index in [4.69, 9.17) is 9.97 Å². The lowest BCUT2D eigenvalue weighted by molar-refractivity contribution is 0.300. The number of sulfonamides is 1. The van der Waals surface area contributed by atoms with Gasteiger partial charge in [-0.2, -0.15) is 0 Å². The summed E-state index contributed by atoms with van der Waals surface area (Å²) in [4.78, 5) is 12.0. The molecule has 1 atom stereocenters. The standard InChI is InChI=1S/C23H33N5O2S/c1-24-23-20-17-27(2)14-12-21(20)25-22(26-23)19-11-6-13-28(16-19)31(29,30)15-7-10-18-8-4-3-5-9-18/h3-5,8-9,19H,6-7,10-17H2,1-2H3,(H,24,25,26)/t19-/m1/s1. The maximum absolute atomic E-state index is 13.0. The van der Waals surface area contributed by atoms with Crippen LogP contribution in [0.15, 0.2) is 30.3 Å². The molecule has 168 valence electrons. The number of nitrogens with one attached hydrogen (secondary N) is 1. The fourth-order valence-corrected chi connectivity index (χ4v) is 6.18. The molecule has 0 spiro atoms. The molecule has 0 aliphatic carbocycles. The Hall–Kier alpha value is -2.03. The van der Waals surface area contributed by atoms with Crippen LogP contribution in [0, 0.1) is 0 Å². The van der Waals surface area contributed by atoms with E-state index in [1.54, 1.807) is 4.31 Å². The molecule has 0 bridgehead atoms. The Morgan fingerprint density at radius 1 is 1.16 bits per heavy atom. The molecule has 2 aliphatic rings. The predicted molar refractivity (Wildman–Crippen MR) is 124 cm³/mol. The molecule has 0 saturated carbocycles. The smallest absolute Gasteiger partial charge is 0.214 e. The lowest BCUT2D eigenvalue weighted by Crippen LogP contribution is -2.41. The zero-order valence-corrected chi connectivity index (χ0v) is 19.4. The van der Waals surface area contributed by atoms with Crippen molar-refractivity contribution in [1.82, 2.24) is 19.2 Å². The molecule has 7 nitrogen and oxygen atoms in total. The average molecular weight is 444 g/mol. The van der Waals surface area contributed by atoms with Crippen molar-refractivity contribution in [1.29, 1.82) is 0 Å². The third-order valence-corrected chi connectivity index (χ3v) is 8.28. The second kappa shape index (κ2) is 9.63. The second-order valence-electron chi connectivity index (χ2n) is 8.70. The third-order valence-electron chi connectivity index (χ3n) is 6.36. The Labute approximate surface area is 185 Å². The molecule has 0 amide bonds. The van der Waals surface area contributed by atoms with Crippen LogP contribution in [0.4, 0.5) is 5.82 Å². The highest BCUT2D eigenvalue weighted by molar-refractivity contribution is 7.89. The highest BCUT2D eigenvalue weighted by Crippen LogP contribution is 2.30. The molecule has 2 aliphatic heterocycles. The van der Waals surface area contributed by atoms with Gasteiger partial charge in [-0.15, -0.1) is 0 Å². The van der Waals surface area contributed by atoms with Gasteiger partial charge in [-0.05, 0) is 38.3 Å². The molecular weight excluding hydrogens is 410 g/mol. The van der Waals surface area contributed by atoms with Gasteiger partial charge in [0.15, 0.2) is 0 Å². The summed E-state index contributed by atoms with van der Waals surface area (Å²) in [5.41, 5.74) is 3.46. The van der Waals surface area contributed by atoms with Gasteiger partial charge in [0.1, 0.15) is 11.6 Å². The zero-order chi connectivity index (χ0) is 21.8. The molecule has 3 heterocycles. The van der Waals surface area contributed by atoms with Gasteiger partial charge in [-0.25, -0.2) is 22.7 Å². The molecule has 0 unspecified atom stereocenters. The number of aryl methyl sites for hydroxylation is 1. The number of fused-ring (bicyclic) bond motifs is 1. The number of benzene rings is 1. The van der Waals surface area contributed by atoms with E-state index in [1.165, 1.54) is 11.1 Å². The quantitative estimate of drug-likeness (QED) is 0.709. The molecule has 4 rings (SSSR count). The van der Waals surface area contributed by atoms with Crippen LogP contribution in [-0.2, 0) is 29.4 Å². The van der Waals surface area contributed by atoms with Gasteiger partial charge >= 0.3 is 0 Å². The summed E-state index contributed by atoms with van der Waals surface area (Å²) in [6, 6.07) is 10.1. The van der Waals surface area contributed by atoms with Crippen molar-refractivity contribution in [2.75, 3.05) is 44.8 Å². The Bertz CT molecular complexity index is 979. The molecule has 1 aromatic carbocycles. The maximum atomic E-state index is 13.0. The molecule has 1 aromatic heterocycles. The minimum atomic E-state index is -3.28. The van der Waals surface area contributed by atoms with Gasteiger partial charge in [0.05, 0.1) is 11.4 Å². The van der Waals surface area contributed by atoms with E-state index < -0.39 is 10.0 Å². The van der Waals surface area contributed by atoms with E-state index >= 15 is 0 Å². The minimum absolute atomic E-state index is 0.0507. The van der Waals surface area contributed by atoms with Crippen molar-refractivity contribution in [3.8, 4) is 0 Å². The topological polar surface area (TPSA) is 78.4 Å². The number of likely N-dealkylation sites (N-methyl/N-ethyl adjacent to an activating group) is 1. The summed E-state index contributed by atoms with van der Waals surface area (Å²) in [7, 11) is 0.724. The lowest BCUT2D eigenvalue weighted by Gasteiger charge is -2.32. The lowest BCUT2D eigenvalue weighted by atomic mass is 9.97. The Kier molecular flexibility index (Phi) is 6.89. The Morgan fingerprint density at radius 3 is 2.74 bits per heavy atom. The number of hydrogen-bond donors (Lipinski definition) is 1. The van der Waals surface area contributed by atoms with Crippen molar-refractivity contribution in [3.05, 3.63) is 53.0 Å². The number of nitrogens with zero attached hydrogens (tertiary/aromatic N) is 4. The molecule has 8 heteroatoms. The van der Waals surface area contributed by atoms with Crippen LogP contribution in [0.2, 0.25) is 0 Å². The van der Waals surface area contributed by atoms with Crippen LogP contribution in [0.1, 0.15) is 47.8 Å². The summed E-state index contributed by atoms with van der Waals surface area (Å²) in [5.74, 6) is 1.91. The first-order valence-corrected chi connectivity index (χ1v) is 12.8. The molecule has 0 radical (unpaired) electrons. The molecule has 1 N–H and O–H groups in total. The van der Waals surface area contributed by atoms with E-state index in [2.05, 4.69) is 17.3 Å². The summed E-state index contributed by atoms with van der Waals surface area (Å²) in [5, 5.41) is 3.23. The zero-order valence-electron chi connectivity index (χ0n) is 18.5. The Balaban J connectivity index is 1.44. The largest absolute Gasteiger partial charge is 0.373 e. The minimum Gasteiger partial charge on any atom is -0.373 e. The predicted octanol–water partition coefficient (Wildman–Crippen LogP) is 2.65.